The first kappa shape index (κ1) is 16.8. The zero-order chi connectivity index (χ0) is 6.57. The standard InChI is InChI=1S/C4H12N2O2.2ClH/c1-5-3(7)4(8)6-2;;/h3-8H,1-2H3;2*1H. The van der Waals surface area contributed by atoms with Crippen molar-refractivity contribution in [1.82, 2.24) is 10.6 Å². The maximum absolute atomic E-state index is 8.70. The Balaban J connectivity index is -0.000000245. The second-order valence-corrected chi connectivity index (χ2v) is 1.47. The highest BCUT2D eigenvalue weighted by molar-refractivity contribution is 5.85. The maximum atomic E-state index is 8.70. The predicted molar refractivity (Wildman–Crippen MR) is 44.6 cm³/mol. The molecule has 0 aliphatic heterocycles. The summed E-state index contributed by atoms with van der Waals surface area (Å²) in [5.74, 6) is 0. The second-order valence-electron chi connectivity index (χ2n) is 1.47. The van der Waals surface area contributed by atoms with Crippen LogP contribution in [0, 0.1) is 0 Å². The van der Waals surface area contributed by atoms with Crippen LogP contribution in [-0.4, -0.2) is 36.8 Å². The topological polar surface area (TPSA) is 64.5 Å². The number of likely N-dealkylation sites (N-methyl/N-ethyl adjacent to an activating group) is 2. The average Bonchev–Trinajstić information content (AvgIpc) is 1.84. The summed E-state index contributed by atoms with van der Waals surface area (Å²) in [5.41, 5.74) is 0. The second kappa shape index (κ2) is 9.42. The molecule has 6 heteroatoms. The van der Waals surface area contributed by atoms with E-state index >= 15 is 0 Å². The molecule has 0 spiro atoms. The van der Waals surface area contributed by atoms with Crippen LogP contribution in [0.1, 0.15) is 0 Å². The van der Waals surface area contributed by atoms with Crippen molar-refractivity contribution >= 4 is 24.8 Å². The molecule has 0 bridgehead atoms. The van der Waals surface area contributed by atoms with Crippen LogP contribution in [0.15, 0.2) is 0 Å². The van der Waals surface area contributed by atoms with Crippen LogP contribution in [0.5, 0.6) is 0 Å². The van der Waals surface area contributed by atoms with E-state index in [9.17, 15) is 0 Å². The van der Waals surface area contributed by atoms with E-state index in [1.807, 2.05) is 0 Å². The summed E-state index contributed by atoms with van der Waals surface area (Å²) in [6.45, 7) is 0. The Morgan fingerprint density at radius 1 is 0.900 bits per heavy atom. The van der Waals surface area contributed by atoms with Gasteiger partial charge >= 0.3 is 0 Å². The van der Waals surface area contributed by atoms with E-state index in [1.54, 1.807) is 14.1 Å². The third-order valence-electron chi connectivity index (χ3n) is 0.891. The van der Waals surface area contributed by atoms with Crippen molar-refractivity contribution in [2.75, 3.05) is 14.1 Å². The highest BCUT2D eigenvalue weighted by Crippen LogP contribution is 1.78. The van der Waals surface area contributed by atoms with Crippen molar-refractivity contribution in [2.24, 2.45) is 0 Å². The Morgan fingerprint density at radius 2 is 1.10 bits per heavy atom. The first-order valence-electron chi connectivity index (χ1n) is 2.43. The molecule has 4 N–H and O–H groups in total. The zero-order valence-corrected chi connectivity index (χ0v) is 7.50. The van der Waals surface area contributed by atoms with Gasteiger partial charge < -0.3 is 10.2 Å². The molecule has 0 rings (SSSR count). The van der Waals surface area contributed by atoms with Crippen LogP contribution in [0.2, 0.25) is 0 Å². The van der Waals surface area contributed by atoms with E-state index in [2.05, 4.69) is 10.6 Å². The molecule has 0 saturated heterocycles. The molecule has 0 aliphatic rings. The fourth-order valence-electron chi connectivity index (χ4n) is 0.316. The minimum Gasteiger partial charge on any atom is -0.374 e. The fourth-order valence-corrected chi connectivity index (χ4v) is 0.316. The number of aliphatic hydroxyl groups excluding tert-OH is 2. The Labute approximate surface area is 72.8 Å². The minimum absolute atomic E-state index is 0. The SMILES string of the molecule is CNC(O)C(O)NC.Cl.Cl. The first-order chi connectivity index (χ1) is 3.72. The number of rotatable bonds is 3. The summed E-state index contributed by atoms with van der Waals surface area (Å²) >= 11 is 0. The lowest BCUT2D eigenvalue weighted by atomic mass is 10.5. The maximum Gasteiger partial charge on any atom is 0.144 e. The average molecular weight is 193 g/mol. The molecule has 0 saturated carbocycles. The summed E-state index contributed by atoms with van der Waals surface area (Å²) in [6, 6.07) is 0. The van der Waals surface area contributed by atoms with Crippen LogP contribution in [-0.2, 0) is 0 Å². The summed E-state index contributed by atoms with van der Waals surface area (Å²) in [6.07, 6.45) is -1.78. The van der Waals surface area contributed by atoms with Crippen LogP contribution >= 0.6 is 24.8 Å². The third-order valence-corrected chi connectivity index (χ3v) is 0.891. The molecule has 66 valence electrons. The van der Waals surface area contributed by atoms with Gasteiger partial charge in [0.2, 0.25) is 0 Å². The van der Waals surface area contributed by atoms with Crippen molar-refractivity contribution < 1.29 is 10.2 Å². The summed E-state index contributed by atoms with van der Waals surface area (Å²) in [7, 11) is 3.12. The number of halogens is 2. The lowest BCUT2D eigenvalue weighted by Gasteiger charge is -2.14. The Bertz CT molecular complexity index is 59.2. The molecule has 0 aromatic carbocycles. The lowest BCUT2D eigenvalue weighted by Crippen LogP contribution is -2.44. The highest BCUT2D eigenvalue weighted by Gasteiger charge is 2.08. The molecule has 0 amide bonds. The largest absolute Gasteiger partial charge is 0.374 e. The van der Waals surface area contributed by atoms with Gasteiger partial charge in [0, 0.05) is 0 Å². The van der Waals surface area contributed by atoms with Gasteiger partial charge in [-0.3, -0.25) is 10.6 Å². The van der Waals surface area contributed by atoms with E-state index in [4.69, 9.17) is 10.2 Å². The van der Waals surface area contributed by atoms with Crippen molar-refractivity contribution in [1.29, 1.82) is 0 Å². The summed E-state index contributed by atoms with van der Waals surface area (Å²) in [5, 5.41) is 22.3. The van der Waals surface area contributed by atoms with Crippen LogP contribution in [0.3, 0.4) is 0 Å². The van der Waals surface area contributed by atoms with Crippen molar-refractivity contribution in [3.63, 3.8) is 0 Å². The monoisotopic (exact) mass is 192 g/mol. The molecule has 2 atom stereocenters. The van der Waals surface area contributed by atoms with Crippen molar-refractivity contribution in [2.45, 2.75) is 12.5 Å². The van der Waals surface area contributed by atoms with E-state index in [1.165, 1.54) is 0 Å². The smallest absolute Gasteiger partial charge is 0.144 e. The van der Waals surface area contributed by atoms with Gasteiger partial charge in [-0.1, -0.05) is 0 Å². The molecule has 0 aromatic rings. The number of nitrogens with one attached hydrogen (secondary N) is 2. The number of hydrogen-bond donors (Lipinski definition) is 4. The van der Waals surface area contributed by atoms with Crippen molar-refractivity contribution in [3.05, 3.63) is 0 Å². The van der Waals surface area contributed by atoms with Gasteiger partial charge in [0.1, 0.15) is 12.5 Å². The quantitative estimate of drug-likeness (QED) is 0.430. The Morgan fingerprint density at radius 3 is 1.20 bits per heavy atom. The third kappa shape index (κ3) is 6.54. The predicted octanol–water partition coefficient (Wildman–Crippen LogP) is -1.09. The van der Waals surface area contributed by atoms with Gasteiger partial charge in [-0.2, -0.15) is 0 Å². The number of hydrogen-bond acceptors (Lipinski definition) is 4. The Hall–Kier alpha value is 0.420. The molecular weight excluding hydrogens is 179 g/mol. The lowest BCUT2D eigenvalue weighted by molar-refractivity contribution is -0.0120. The van der Waals surface area contributed by atoms with Crippen LogP contribution in [0.4, 0.5) is 0 Å². The van der Waals surface area contributed by atoms with Gasteiger partial charge in [-0.05, 0) is 14.1 Å². The zero-order valence-electron chi connectivity index (χ0n) is 5.87. The molecule has 4 nitrogen and oxygen atoms in total. The van der Waals surface area contributed by atoms with Gasteiger partial charge in [0.05, 0.1) is 0 Å². The van der Waals surface area contributed by atoms with Gasteiger partial charge in [0.15, 0.2) is 0 Å². The summed E-state index contributed by atoms with van der Waals surface area (Å²) in [4.78, 5) is 0. The van der Waals surface area contributed by atoms with Crippen molar-refractivity contribution in [3.8, 4) is 0 Å². The summed E-state index contributed by atoms with van der Waals surface area (Å²) < 4.78 is 0. The van der Waals surface area contributed by atoms with Gasteiger partial charge in [-0.25, -0.2) is 0 Å². The van der Waals surface area contributed by atoms with Gasteiger partial charge in [-0.15, -0.1) is 24.8 Å². The first-order valence-corrected chi connectivity index (χ1v) is 2.43. The normalized spacial score (nSPS) is 14.4. The molecule has 0 aromatic heterocycles. The molecule has 0 heterocycles. The highest BCUT2D eigenvalue weighted by atomic mass is 35.5. The van der Waals surface area contributed by atoms with Gasteiger partial charge in [0.25, 0.3) is 0 Å². The Kier molecular flexibility index (Phi) is 15.8. The van der Waals surface area contributed by atoms with Crippen LogP contribution < -0.4 is 10.6 Å². The fraction of sp³-hybridized carbons (Fsp3) is 1.00. The minimum atomic E-state index is -0.889. The molecule has 0 radical (unpaired) electrons. The molecule has 2 unspecified atom stereocenters. The molecule has 0 aliphatic carbocycles. The van der Waals surface area contributed by atoms with E-state index < -0.39 is 12.5 Å². The van der Waals surface area contributed by atoms with Crippen LogP contribution in [0.25, 0.3) is 0 Å². The number of aliphatic hydroxyl groups is 2. The molecule has 0 fully saturated rings. The molecule has 10 heavy (non-hydrogen) atoms. The van der Waals surface area contributed by atoms with E-state index in [-0.39, 0.29) is 24.8 Å². The van der Waals surface area contributed by atoms with E-state index in [0.29, 0.717) is 0 Å². The molecular formula is C4H14Cl2N2O2. The van der Waals surface area contributed by atoms with E-state index in [0.717, 1.165) is 0 Å².